The SMILES string of the molecule is CC(C)N(Cc1ccccc1)C(C)CCC(C#N)(c1ccccc1Br)C(C)C. The standard InChI is InChI=1S/C25H33BrN2/c1-19(2)25(18-27,23-13-9-10-14-24(23)26)16-15-21(5)28(20(3)4)17-22-11-7-6-8-12-22/h6-14,19-21H,15-17H2,1-5H3. The van der Waals surface area contributed by atoms with Gasteiger partial charge in [0.05, 0.1) is 11.5 Å². The van der Waals surface area contributed by atoms with Crippen LogP contribution in [-0.2, 0) is 12.0 Å². The molecule has 2 aromatic rings. The van der Waals surface area contributed by atoms with Gasteiger partial charge in [0, 0.05) is 23.1 Å². The van der Waals surface area contributed by atoms with E-state index in [0.29, 0.717) is 12.1 Å². The average Bonchev–Trinajstić information content (AvgIpc) is 2.68. The maximum absolute atomic E-state index is 10.2. The van der Waals surface area contributed by atoms with Crippen LogP contribution in [-0.4, -0.2) is 17.0 Å². The second-order valence-electron chi connectivity index (χ2n) is 8.36. The minimum Gasteiger partial charge on any atom is -0.294 e. The molecule has 2 rings (SSSR count). The molecule has 0 aliphatic heterocycles. The molecule has 0 aliphatic carbocycles. The molecule has 0 fully saturated rings. The zero-order chi connectivity index (χ0) is 20.7. The molecule has 2 aromatic carbocycles. The molecule has 0 saturated carbocycles. The third-order valence-electron chi connectivity index (χ3n) is 5.93. The summed E-state index contributed by atoms with van der Waals surface area (Å²) in [7, 11) is 0. The van der Waals surface area contributed by atoms with Crippen molar-refractivity contribution in [1.82, 2.24) is 4.90 Å². The van der Waals surface area contributed by atoms with Crippen molar-refractivity contribution < 1.29 is 0 Å². The van der Waals surface area contributed by atoms with Gasteiger partial charge in [-0.2, -0.15) is 5.26 Å². The number of benzene rings is 2. The van der Waals surface area contributed by atoms with Crippen LogP contribution in [0.4, 0.5) is 0 Å². The highest BCUT2D eigenvalue weighted by Gasteiger charge is 2.38. The van der Waals surface area contributed by atoms with Crippen molar-refractivity contribution in [3.8, 4) is 6.07 Å². The predicted molar refractivity (Wildman–Crippen MR) is 122 cm³/mol. The van der Waals surface area contributed by atoms with Gasteiger partial charge in [-0.05, 0) is 56.7 Å². The highest BCUT2D eigenvalue weighted by molar-refractivity contribution is 9.10. The number of hydrogen-bond acceptors (Lipinski definition) is 2. The van der Waals surface area contributed by atoms with E-state index in [1.165, 1.54) is 5.56 Å². The average molecular weight is 441 g/mol. The fourth-order valence-corrected chi connectivity index (χ4v) is 4.69. The molecule has 0 amide bonds. The van der Waals surface area contributed by atoms with E-state index in [1.807, 2.05) is 18.2 Å². The molecular weight excluding hydrogens is 408 g/mol. The summed E-state index contributed by atoms with van der Waals surface area (Å²) in [6, 6.07) is 22.4. The van der Waals surface area contributed by atoms with Gasteiger partial charge in [-0.25, -0.2) is 0 Å². The zero-order valence-electron chi connectivity index (χ0n) is 17.8. The van der Waals surface area contributed by atoms with Crippen LogP contribution < -0.4 is 0 Å². The number of rotatable bonds is 9. The van der Waals surface area contributed by atoms with Crippen molar-refractivity contribution in [2.24, 2.45) is 5.92 Å². The van der Waals surface area contributed by atoms with Crippen LogP contribution in [0.15, 0.2) is 59.1 Å². The molecule has 0 aliphatic rings. The minimum absolute atomic E-state index is 0.241. The number of nitrogens with zero attached hydrogens (tertiary/aromatic N) is 2. The lowest BCUT2D eigenvalue weighted by Gasteiger charge is -2.37. The Balaban J connectivity index is 2.21. The summed E-state index contributed by atoms with van der Waals surface area (Å²) in [5, 5.41) is 10.2. The molecular formula is C25H33BrN2. The quantitative estimate of drug-likeness (QED) is 0.421. The van der Waals surface area contributed by atoms with Gasteiger partial charge in [0.25, 0.3) is 0 Å². The van der Waals surface area contributed by atoms with Crippen molar-refractivity contribution >= 4 is 15.9 Å². The second kappa shape index (κ2) is 10.2. The van der Waals surface area contributed by atoms with E-state index in [4.69, 9.17) is 0 Å². The topological polar surface area (TPSA) is 27.0 Å². The summed E-state index contributed by atoms with van der Waals surface area (Å²) >= 11 is 3.68. The highest BCUT2D eigenvalue weighted by atomic mass is 79.9. The van der Waals surface area contributed by atoms with Crippen LogP contribution in [0.1, 0.15) is 58.6 Å². The number of nitriles is 1. The van der Waals surface area contributed by atoms with Gasteiger partial charge >= 0.3 is 0 Å². The maximum Gasteiger partial charge on any atom is 0.0856 e. The van der Waals surface area contributed by atoms with Gasteiger partial charge < -0.3 is 0 Å². The Hall–Kier alpha value is -1.63. The van der Waals surface area contributed by atoms with E-state index in [-0.39, 0.29) is 5.92 Å². The van der Waals surface area contributed by atoms with Crippen molar-refractivity contribution in [3.05, 3.63) is 70.2 Å². The number of hydrogen-bond donors (Lipinski definition) is 0. The van der Waals surface area contributed by atoms with Crippen LogP contribution in [0, 0.1) is 17.2 Å². The van der Waals surface area contributed by atoms with Gasteiger partial charge in [-0.1, -0.05) is 78.3 Å². The van der Waals surface area contributed by atoms with Gasteiger partial charge in [0.1, 0.15) is 0 Å². The lowest BCUT2D eigenvalue weighted by molar-refractivity contribution is 0.138. The molecule has 2 nitrogen and oxygen atoms in total. The molecule has 0 spiro atoms. The van der Waals surface area contributed by atoms with Gasteiger partial charge in [-0.15, -0.1) is 0 Å². The Morgan fingerprint density at radius 2 is 1.57 bits per heavy atom. The molecule has 150 valence electrons. The van der Waals surface area contributed by atoms with E-state index >= 15 is 0 Å². The minimum atomic E-state index is -0.482. The number of halogens is 1. The van der Waals surface area contributed by atoms with Crippen molar-refractivity contribution in [1.29, 1.82) is 5.26 Å². The van der Waals surface area contributed by atoms with Crippen LogP contribution in [0.2, 0.25) is 0 Å². The van der Waals surface area contributed by atoms with E-state index in [1.54, 1.807) is 0 Å². The van der Waals surface area contributed by atoms with Crippen molar-refractivity contribution in [3.63, 3.8) is 0 Å². The van der Waals surface area contributed by atoms with E-state index in [9.17, 15) is 5.26 Å². The Morgan fingerprint density at radius 3 is 2.11 bits per heavy atom. The summed E-state index contributed by atoms with van der Waals surface area (Å²) in [5.41, 5.74) is 1.96. The third kappa shape index (κ3) is 5.25. The lowest BCUT2D eigenvalue weighted by atomic mass is 9.69. The van der Waals surface area contributed by atoms with E-state index in [2.05, 4.69) is 97.9 Å². The zero-order valence-corrected chi connectivity index (χ0v) is 19.4. The molecule has 0 aromatic heterocycles. The third-order valence-corrected chi connectivity index (χ3v) is 6.62. The first-order chi connectivity index (χ1) is 13.3. The first-order valence-corrected chi connectivity index (χ1v) is 11.1. The molecule has 0 saturated heterocycles. The summed E-state index contributed by atoms with van der Waals surface area (Å²) in [6.45, 7) is 12.1. The summed E-state index contributed by atoms with van der Waals surface area (Å²) in [5.74, 6) is 0.241. The second-order valence-corrected chi connectivity index (χ2v) is 9.21. The molecule has 0 radical (unpaired) electrons. The lowest BCUT2D eigenvalue weighted by Crippen LogP contribution is -2.40. The Morgan fingerprint density at radius 1 is 0.964 bits per heavy atom. The Kier molecular flexibility index (Phi) is 8.28. The first-order valence-electron chi connectivity index (χ1n) is 10.3. The molecule has 2 atom stereocenters. The smallest absolute Gasteiger partial charge is 0.0856 e. The normalized spacial score (nSPS) is 14.9. The Labute approximate surface area is 179 Å². The van der Waals surface area contributed by atoms with E-state index < -0.39 is 5.41 Å². The van der Waals surface area contributed by atoms with Crippen molar-refractivity contribution in [2.45, 2.75) is 71.5 Å². The van der Waals surface area contributed by atoms with Crippen LogP contribution in [0.3, 0.4) is 0 Å². The molecule has 0 N–H and O–H groups in total. The van der Waals surface area contributed by atoms with E-state index in [0.717, 1.165) is 29.4 Å². The predicted octanol–water partition coefficient (Wildman–Crippen LogP) is 6.95. The fourth-order valence-electron chi connectivity index (χ4n) is 4.05. The monoisotopic (exact) mass is 440 g/mol. The molecule has 0 bridgehead atoms. The van der Waals surface area contributed by atoms with Crippen LogP contribution in [0.25, 0.3) is 0 Å². The van der Waals surface area contributed by atoms with Gasteiger partial charge in [-0.3, -0.25) is 4.90 Å². The fraction of sp³-hybridized carbons (Fsp3) is 0.480. The Bertz CT molecular complexity index is 779. The first kappa shape index (κ1) is 22.7. The molecule has 3 heteroatoms. The van der Waals surface area contributed by atoms with Gasteiger partial charge in [0.15, 0.2) is 0 Å². The molecule has 2 unspecified atom stereocenters. The van der Waals surface area contributed by atoms with Crippen LogP contribution >= 0.6 is 15.9 Å². The van der Waals surface area contributed by atoms with Crippen molar-refractivity contribution in [2.75, 3.05) is 0 Å². The maximum atomic E-state index is 10.2. The summed E-state index contributed by atoms with van der Waals surface area (Å²) in [6.07, 6.45) is 1.83. The van der Waals surface area contributed by atoms with Gasteiger partial charge in [0.2, 0.25) is 0 Å². The highest BCUT2D eigenvalue weighted by Crippen LogP contribution is 2.40. The summed E-state index contributed by atoms with van der Waals surface area (Å²) < 4.78 is 1.03. The molecule has 0 heterocycles. The van der Waals surface area contributed by atoms with Crippen LogP contribution in [0.5, 0.6) is 0 Å². The summed E-state index contributed by atoms with van der Waals surface area (Å²) in [4.78, 5) is 2.54. The largest absolute Gasteiger partial charge is 0.294 e. The molecule has 28 heavy (non-hydrogen) atoms.